The van der Waals surface area contributed by atoms with Crippen molar-refractivity contribution < 1.29 is 0 Å². The Balaban J connectivity index is 1.92. The topological polar surface area (TPSA) is 0 Å². The van der Waals surface area contributed by atoms with E-state index in [2.05, 4.69) is 129 Å². The predicted molar refractivity (Wildman–Crippen MR) is 124 cm³/mol. The van der Waals surface area contributed by atoms with E-state index in [9.17, 15) is 0 Å². The van der Waals surface area contributed by atoms with Crippen LogP contribution in [0.3, 0.4) is 0 Å². The maximum atomic E-state index is 2.34. The zero-order valence-corrected chi connectivity index (χ0v) is 17.3. The first-order valence-corrected chi connectivity index (χ1v) is 11.1. The summed E-state index contributed by atoms with van der Waals surface area (Å²) >= 11 is 0. The molecular formula is C27H25P. The van der Waals surface area contributed by atoms with E-state index in [1.165, 1.54) is 27.0 Å². The fourth-order valence-corrected chi connectivity index (χ4v) is 6.41. The Bertz CT molecular complexity index is 982. The molecule has 0 aliphatic carbocycles. The van der Waals surface area contributed by atoms with Gasteiger partial charge in [0.25, 0.3) is 0 Å². The summed E-state index contributed by atoms with van der Waals surface area (Å²) in [7, 11) is -0.621. The van der Waals surface area contributed by atoms with Crippen LogP contribution in [-0.4, -0.2) is 0 Å². The molecule has 4 rings (SSSR count). The molecule has 1 heteroatoms. The standard InChI is InChI=1S/C27H25P/c1-27(2,22-14-6-3-7-15-22)25-20-12-13-21-26(25)28(23-16-8-4-9-17-23)24-18-10-5-11-19-24/h3-21H,1-2H3. The highest BCUT2D eigenvalue weighted by Gasteiger charge is 2.29. The van der Waals surface area contributed by atoms with Crippen LogP contribution in [0.4, 0.5) is 0 Å². The molecule has 0 amide bonds. The predicted octanol–water partition coefficient (Wildman–Crippen LogP) is 5.77. The van der Waals surface area contributed by atoms with Crippen molar-refractivity contribution in [2.45, 2.75) is 19.3 Å². The molecule has 0 radical (unpaired) electrons. The molecule has 4 aromatic rings. The maximum absolute atomic E-state index is 2.34. The molecule has 0 N–H and O–H groups in total. The van der Waals surface area contributed by atoms with Crippen LogP contribution in [0.5, 0.6) is 0 Å². The van der Waals surface area contributed by atoms with Gasteiger partial charge in [-0.05, 0) is 35.0 Å². The van der Waals surface area contributed by atoms with Crippen LogP contribution in [0.15, 0.2) is 115 Å². The molecule has 0 atom stereocenters. The van der Waals surface area contributed by atoms with Crippen LogP contribution in [0.1, 0.15) is 25.0 Å². The number of benzene rings is 4. The lowest BCUT2D eigenvalue weighted by atomic mass is 9.78. The van der Waals surface area contributed by atoms with Gasteiger partial charge in [0, 0.05) is 5.41 Å². The van der Waals surface area contributed by atoms with Crippen LogP contribution in [0.25, 0.3) is 0 Å². The summed E-state index contributed by atoms with van der Waals surface area (Å²) in [5.74, 6) is 0. The fraction of sp³-hybridized carbons (Fsp3) is 0.111. The Morgan fingerprint density at radius 1 is 0.500 bits per heavy atom. The first kappa shape index (κ1) is 18.7. The van der Waals surface area contributed by atoms with Gasteiger partial charge in [0.05, 0.1) is 0 Å². The van der Waals surface area contributed by atoms with Crippen LogP contribution in [0, 0.1) is 0 Å². The van der Waals surface area contributed by atoms with Gasteiger partial charge in [-0.3, -0.25) is 0 Å². The lowest BCUT2D eigenvalue weighted by molar-refractivity contribution is 0.645. The second-order valence-electron chi connectivity index (χ2n) is 7.51. The van der Waals surface area contributed by atoms with Gasteiger partial charge in [-0.2, -0.15) is 0 Å². The van der Waals surface area contributed by atoms with Crippen molar-refractivity contribution in [3.05, 3.63) is 126 Å². The van der Waals surface area contributed by atoms with Gasteiger partial charge in [0.15, 0.2) is 0 Å². The summed E-state index contributed by atoms with van der Waals surface area (Å²) < 4.78 is 0. The monoisotopic (exact) mass is 380 g/mol. The van der Waals surface area contributed by atoms with Crippen molar-refractivity contribution in [1.29, 1.82) is 0 Å². The summed E-state index contributed by atoms with van der Waals surface area (Å²) in [6.07, 6.45) is 0. The molecule has 28 heavy (non-hydrogen) atoms. The number of hydrogen-bond donors (Lipinski definition) is 0. The van der Waals surface area contributed by atoms with Crippen molar-refractivity contribution >= 4 is 23.8 Å². The maximum Gasteiger partial charge on any atom is 0.0153 e. The van der Waals surface area contributed by atoms with E-state index in [0.717, 1.165) is 0 Å². The SMILES string of the molecule is CC(C)(c1ccccc1)c1ccccc1P(c1ccccc1)c1ccccc1. The Morgan fingerprint density at radius 3 is 1.46 bits per heavy atom. The molecule has 0 spiro atoms. The van der Waals surface area contributed by atoms with Gasteiger partial charge in [0.2, 0.25) is 0 Å². The Morgan fingerprint density at radius 2 is 0.929 bits per heavy atom. The van der Waals surface area contributed by atoms with Gasteiger partial charge in [-0.25, -0.2) is 0 Å². The first-order valence-electron chi connectivity index (χ1n) is 9.73. The third-order valence-corrected chi connectivity index (χ3v) is 7.84. The third kappa shape index (κ3) is 3.66. The normalized spacial score (nSPS) is 11.5. The van der Waals surface area contributed by atoms with E-state index in [1.807, 2.05) is 0 Å². The minimum absolute atomic E-state index is 0.0675. The Kier molecular flexibility index (Phi) is 5.42. The molecule has 0 aliphatic rings. The van der Waals surface area contributed by atoms with Crippen LogP contribution in [0.2, 0.25) is 0 Å². The van der Waals surface area contributed by atoms with Gasteiger partial charge >= 0.3 is 0 Å². The van der Waals surface area contributed by atoms with E-state index in [-0.39, 0.29) is 5.41 Å². The fourth-order valence-electron chi connectivity index (χ4n) is 3.79. The number of hydrogen-bond acceptors (Lipinski definition) is 0. The van der Waals surface area contributed by atoms with E-state index < -0.39 is 7.92 Å². The first-order chi connectivity index (χ1) is 13.7. The van der Waals surface area contributed by atoms with Crippen LogP contribution < -0.4 is 15.9 Å². The molecule has 0 nitrogen and oxygen atoms in total. The molecule has 0 aliphatic heterocycles. The average molecular weight is 380 g/mol. The lowest BCUT2D eigenvalue weighted by Gasteiger charge is -2.32. The van der Waals surface area contributed by atoms with Crippen molar-refractivity contribution in [2.75, 3.05) is 0 Å². The summed E-state index contributed by atoms with van der Waals surface area (Å²) in [6.45, 7) is 4.68. The van der Waals surface area contributed by atoms with Gasteiger partial charge < -0.3 is 0 Å². The van der Waals surface area contributed by atoms with Gasteiger partial charge in [-0.1, -0.05) is 129 Å². The van der Waals surface area contributed by atoms with E-state index in [4.69, 9.17) is 0 Å². The van der Waals surface area contributed by atoms with E-state index >= 15 is 0 Å². The molecule has 138 valence electrons. The van der Waals surface area contributed by atoms with Gasteiger partial charge in [0.1, 0.15) is 0 Å². The third-order valence-electron chi connectivity index (χ3n) is 5.34. The second kappa shape index (κ2) is 8.13. The molecule has 4 aromatic carbocycles. The Hall–Kier alpha value is -2.69. The summed E-state index contributed by atoms with van der Waals surface area (Å²) in [6, 6.07) is 41.7. The molecule has 0 heterocycles. The smallest absolute Gasteiger partial charge is 0.0153 e. The molecular weight excluding hydrogens is 355 g/mol. The highest BCUT2D eigenvalue weighted by Crippen LogP contribution is 2.39. The minimum Gasteiger partial charge on any atom is -0.0622 e. The lowest BCUT2D eigenvalue weighted by Crippen LogP contribution is -2.30. The zero-order valence-electron chi connectivity index (χ0n) is 16.4. The van der Waals surface area contributed by atoms with Crippen molar-refractivity contribution in [3.8, 4) is 0 Å². The van der Waals surface area contributed by atoms with E-state index in [1.54, 1.807) is 0 Å². The Labute approximate surface area is 169 Å². The molecule has 0 bridgehead atoms. The van der Waals surface area contributed by atoms with Gasteiger partial charge in [-0.15, -0.1) is 0 Å². The molecule has 0 fully saturated rings. The van der Waals surface area contributed by atoms with Crippen molar-refractivity contribution in [2.24, 2.45) is 0 Å². The van der Waals surface area contributed by atoms with Crippen molar-refractivity contribution in [3.63, 3.8) is 0 Å². The quantitative estimate of drug-likeness (QED) is 0.386. The van der Waals surface area contributed by atoms with Crippen LogP contribution in [-0.2, 0) is 5.41 Å². The average Bonchev–Trinajstić information content (AvgIpc) is 2.76. The second-order valence-corrected chi connectivity index (χ2v) is 9.70. The molecule has 0 saturated carbocycles. The highest BCUT2D eigenvalue weighted by atomic mass is 31.1. The summed E-state index contributed by atoms with van der Waals surface area (Å²) in [5, 5.41) is 4.21. The summed E-state index contributed by atoms with van der Waals surface area (Å²) in [5.41, 5.74) is 2.68. The summed E-state index contributed by atoms with van der Waals surface area (Å²) in [4.78, 5) is 0. The molecule has 0 aromatic heterocycles. The van der Waals surface area contributed by atoms with Crippen LogP contribution >= 0.6 is 7.92 Å². The largest absolute Gasteiger partial charge is 0.0622 e. The highest BCUT2D eigenvalue weighted by molar-refractivity contribution is 7.79. The molecule has 0 saturated heterocycles. The zero-order chi connectivity index (χ0) is 19.4. The van der Waals surface area contributed by atoms with Crippen molar-refractivity contribution in [1.82, 2.24) is 0 Å². The number of rotatable bonds is 5. The minimum atomic E-state index is -0.621. The van der Waals surface area contributed by atoms with E-state index in [0.29, 0.717) is 0 Å². The molecule has 0 unspecified atom stereocenters.